The molecular weight excluding hydrogens is 567 g/mol. The molecule has 1 heterocycles. The van der Waals surface area contributed by atoms with Gasteiger partial charge in [0.25, 0.3) is 5.91 Å². The summed E-state index contributed by atoms with van der Waals surface area (Å²) in [5.41, 5.74) is 5.01. The van der Waals surface area contributed by atoms with Crippen LogP contribution in [0.2, 0.25) is 10.0 Å². The van der Waals surface area contributed by atoms with Gasteiger partial charge in [0.05, 0.1) is 24.5 Å². The molecule has 1 aromatic heterocycles. The third-order valence-electron chi connectivity index (χ3n) is 6.30. The van der Waals surface area contributed by atoms with Gasteiger partial charge < -0.3 is 19.4 Å². The largest absolute Gasteiger partial charge is 0.492 e. The van der Waals surface area contributed by atoms with Gasteiger partial charge in [0, 0.05) is 33.6 Å². The number of benzene rings is 2. The van der Waals surface area contributed by atoms with E-state index in [0.717, 1.165) is 22.2 Å². The van der Waals surface area contributed by atoms with E-state index in [2.05, 4.69) is 15.8 Å². The predicted molar refractivity (Wildman–Crippen MR) is 162 cm³/mol. The molecule has 0 unspecified atom stereocenters. The first kappa shape index (κ1) is 32.0. The highest BCUT2D eigenvalue weighted by Gasteiger charge is 2.22. The minimum atomic E-state index is -0.752. The number of para-hydroxylation sites is 1. The second kappa shape index (κ2) is 15.4. The number of hydrogen-bond acceptors (Lipinski definition) is 6. The number of ether oxygens (including phenoxy) is 2. The van der Waals surface area contributed by atoms with Crippen LogP contribution in [-0.2, 0) is 25.7 Å². The maximum absolute atomic E-state index is 13.0. The second-order valence-corrected chi connectivity index (χ2v) is 10.8. The van der Waals surface area contributed by atoms with Gasteiger partial charge in [-0.25, -0.2) is 5.43 Å². The zero-order valence-electron chi connectivity index (χ0n) is 23.7. The number of carbonyl (C=O) groups excluding carboxylic acids is 3. The van der Waals surface area contributed by atoms with Gasteiger partial charge in [0.2, 0.25) is 5.91 Å². The van der Waals surface area contributed by atoms with E-state index in [1.165, 1.54) is 0 Å². The highest BCUT2D eigenvalue weighted by Crippen LogP contribution is 2.28. The third kappa shape index (κ3) is 9.23. The average molecular weight is 604 g/mol. The van der Waals surface area contributed by atoms with Crippen LogP contribution in [0.15, 0.2) is 47.6 Å². The maximum Gasteiger partial charge on any atom is 0.325 e. The summed E-state index contributed by atoms with van der Waals surface area (Å²) in [4.78, 5) is 37.8. The molecule has 2 N–H and O–H groups in total. The quantitative estimate of drug-likeness (QED) is 0.107. The highest BCUT2D eigenvalue weighted by molar-refractivity contribution is 6.35. The molecule has 0 bridgehead atoms. The number of fused-ring (bicyclic) bond motifs is 1. The van der Waals surface area contributed by atoms with Gasteiger partial charge in [-0.1, -0.05) is 55.2 Å². The van der Waals surface area contributed by atoms with Crippen LogP contribution >= 0.6 is 23.2 Å². The van der Waals surface area contributed by atoms with E-state index < -0.39 is 11.9 Å². The molecule has 3 aromatic rings. The number of nitrogens with zero attached hydrogens (tertiary/aromatic N) is 2. The molecule has 2 aromatic carbocycles. The smallest absolute Gasteiger partial charge is 0.325 e. The fraction of sp³-hybridized carbons (Fsp3) is 0.400. The number of carbonyl (C=O) groups is 3. The molecule has 0 radical (unpaired) electrons. The Morgan fingerprint density at radius 3 is 2.59 bits per heavy atom. The average Bonchev–Trinajstić information content (AvgIpc) is 3.17. The van der Waals surface area contributed by atoms with Crippen LogP contribution in [-0.4, -0.2) is 47.8 Å². The minimum absolute atomic E-state index is 0.0701. The van der Waals surface area contributed by atoms with E-state index >= 15 is 0 Å². The second-order valence-electron chi connectivity index (χ2n) is 9.92. The van der Waals surface area contributed by atoms with Crippen LogP contribution in [0.3, 0.4) is 0 Å². The van der Waals surface area contributed by atoms with E-state index in [0.29, 0.717) is 35.2 Å². The van der Waals surface area contributed by atoms with Gasteiger partial charge in [0.15, 0.2) is 0 Å². The van der Waals surface area contributed by atoms with Crippen molar-refractivity contribution >= 4 is 58.1 Å². The van der Waals surface area contributed by atoms with Crippen molar-refractivity contribution < 1.29 is 23.9 Å². The van der Waals surface area contributed by atoms with E-state index in [4.69, 9.17) is 32.7 Å². The number of aromatic nitrogens is 1. The van der Waals surface area contributed by atoms with Crippen LogP contribution < -0.4 is 15.5 Å². The van der Waals surface area contributed by atoms with Crippen molar-refractivity contribution in [3.05, 3.63) is 63.8 Å². The summed E-state index contributed by atoms with van der Waals surface area (Å²) in [5.74, 6) is -0.362. The van der Waals surface area contributed by atoms with Gasteiger partial charge >= 0.3 is 5.97 Å². The summed E-state index contributed by atoms with van der Waals surface area (Å²) in [5, 5.41) is 8.81. The molecule has 2 amide bonds. The number of nitrogens with one attached hydrogen (secondary N) is 2. The van der Waals surface area contributed by atoms with Crippen molar-refractivity contribution in [1.82, 2.24) is 15.3 Å². The lowest BCUT2D eigenvalue weighted by Gasteiger charge is -2.19. The summed E-state index contributed by atoms with van der Waals surface area (Å²) in [6, 6.07) is 11.8. The summed E-state index contributed by atoms with van der Waals surface area (Å²) < 4.78 is 12.6. The lowest BCUT2D eigenvalue weighted by molar-refractivity contribution is -0.143. The molecule has 11 heteroatoms. The van der Waals surface area contributed by atoms with E-state index in [1.807, 2.05) is 49.6 Å². The Kier molecular flexibility index (Phi) is 12.0. The molecule has 9 nitrogen and oxygen atoms in total. The van der Waals surface area contributed by atoms with Crippen molar-refractivity contribution in [3.8, 4) is 5.75 Å². The van der Waals surface area contributed by atoms with Gasteiger partial charge in [0.1, 0.15) is 18.3 Å². The number of hydrazone groups is 1. The Bertz CT molecular complexity index is 1400. The zero-order chi connectivity index (χ0) is 29.9. The zero-order valence-corrected chi connectivity index (χ0v) is 25.2. The van der Waals surface area contributed by atoms with Gasteiger partial charge in [-0.2, -0.15) is 5.10 Å². The molecule has 220 valence electrons. The van der Waals surface area contributed by atoms with Crippen molar-refractivity contribution in [2.75, 3.05) is 13.2 Å². The first-order valence-electron chi connectivity index (χ1n) is 13.5. The summed E-state index contributed by atoms with van der Waals surface area (Å²) >= 11 is 12.0. The summed E-state index contributed by atoms with van der Waals surface area (Å²) in [6.07, 6.45) is 2.62. The lowest BCUT2D eigenvalue weighted by Crippen LogP contribution is -2.46. The Hall–Kier alpha value is -3.56. The fourth-order valence-corrected chi connectivity index (χ4v) is 4.84. The molecule has 0 spiro atoms. The monoisotopic (exact) mass is 602 g/mol. The lowest BCUT2D eigenvalue weighted by atomic mass is 10.0. The van der Waals surface area contributed by atoms with E-state index in [-0.39, 0.29) is 37.4 Å². The Balaban J connectivity index is 1.60. The predicted octanol–water partition coefficient (Wildman–Crippen LogP) is 5.66. The van der Waals surface area contributed by atoms with Crippen molar-refractivity contribution in [3.63, 3.8) is 0 Å². The fourth-order valence-electron chi connectivity index (χ4n) is 4.38. The first-order valence-corrected chi connectivity index (χ1v) is 14.3. The highest BCUT2D eigenvalue weighted by atomic mass is 35.5. The molecule has 0 aliphatic rings. The standard InChI is InChI=1S/C30H36Cl2N4O5/c1-5-40-29(38)18-36-20(4)23(22-9-6-7-10-26(22)36)17-33-35-30(39)25(15-19(2)3)34-28(37)11-8-14-41-27-13-12-21(31)16-24(27)32/h6-7,9-10,12-13,16-17,19,25H,5,8,11,14-15,18H2,1-4H3,(H,34,37)(H,35,39)/b33-17-/t25-/m1/s1. The first-order chi connectivity index (χ1) is 19.6. The van der Waals surface area contributed by atoms with Crippen LogP contribution in [0, 0.1) is 12.8 Å². The summed E-state index contributed by atoms with van der Waals surface area (Å²) in [6.45, 7) is 8.25. The summed E-state index contributed by atoms with van der Waals surface area (Å²) in [7, 11) is 0. The van der Waals surface area contributed by atoms with E-state index in [9.17, 15) is 14.4 Å². The molecule has 0 saturated carbocycles. The van der Waals surface area contributed by atoms with Crippen LogP contribution in [0.1, 0.15) is 51.3 Å². The minimum Gasteiger partial charge on any atom is -0.492 e. The van der Waals surface area contributed by atoms with Crippen molar-refractivity contribution in [1.29, 1.82) is 0 Å². The number of esters is 1. The molecule has 0 aliphatic heterocycles. The molecule has 0 fully saturated rings. The molecular formula is C30H36Cl2N4O5. The SMILES string of the molecule is CCOC(=O)Cn1c(C)c(/C=N\NC(=O)[C@@H](CC(C)C)NC(=O)CCCOc2ccc(Cl)cc2Cl)c2ccccc21. The normalized spacial score (nSPS) is 12.1. The molecule has 0 aliphatic carbocycles. The number of hydrogen-bond donors (Lipinski definition) is 2. The van der Waals surface area contributed by atoms with Gasteiger partial charge in [-0.05, 0) is 56.9 Å². The van der Waals surface area contributed by atoms with E-state index in [1.54, 1.807) is 31.3 Å². The van der Waals surface area contributed by atoms with Crippen molar-refractivity contribution in [2.24, 2.45) is 11.0 Å². The van der Waals surface area contributed by atoms with Crippen LogP contribution in [0.25, 0.3) is 10.9 Å². The molecule has 0 saturated heterocycles. The number of rotatable bonds is 14. The Morgan fingerprint density at radius 1 is 1.12 bits per heavy atom. The van der Waals surface area contributed by atoms with Gasteiger partial charge in [-0.3, -0.25) is 14.4 Å². The van der Waals surface area contributed by atoms with Crippen LogP contribution in [0.5, 0.6) is 5.75 Å². The topological polar surface area (TPSA) is 111 Å². The molecule has 1 atom stereocenters. The maximum atomic E-state index is 13.0. The Labute approximate surface area is 250 Å². The third-order valence-corrected chi connectivity index (χ3v) is 6.83. The Morgan fingerprint density at radius 2 is 1.88 bits per heavy atom. The molecule has 3 rings (SSSR count). The van der Waals surface area contributed by atoms with Crippen LogP contribution in [0.4, 0.5) is 0 Å². The number of amides is 2. The number of halogens is 2. The van der Waals surface area contributed by atoms with Gasteiger partial charge in [-0.15, -0.1) is 0 Å². The molecule has 41 heavy (non-hydrogen) atoms. The van der Waals surface area contributed by atoms with Crippen molar-refractivity contribution in [2.45, 2.75) is 59.5 Å².